The Morgan fingerprint density at radius 3 is 2.82 bits per heavy atom. The van der Waals surface area contributed by atoms with E-state index < -0.39 is 0 Å². The van der Waals surface area contributed by atoms with Gasteiger partial charge in [0.2, 0.25) is 0 Å². The Bertz CT molecular complexity index is 248. The molecule has 60 valence electrons. The predicted octanol–water partition coefficient (Wildman–Crippen LogP) is 1.76. The molecule has 0 aliphatic carbocycles. The molecule has 3 heteroatoms. The fraction of sp³-hybridized carbons (Fsp3) is 0.375. The zero-order valence-electron chi connectivity index (χ0n) is 6.47. The van der Waals surface area contributed by atoms with Crippen LogP contribution < -0.4 is 5.73 Å². The first-order chi connectivity index (χ1) is 5.27. The van der Waals surface area contributed by atoms with Crippen LogP contribution >= 0.6 is 11.6 Å². The zero-order chi connectivity index (χ0) is 8.27. The Morgan fingerprint density at radius 2 is 2.27 bits per heavy atom. The summed E-state index contributed by atoms with van der Waals surface area (Å²) in [5.74, 6) is 0. The number of hydrogen-bond acceptors (Lipinski definition) is 2. The third kappa shape index (κ3) is 1.91. The Kier molecular flexibility index (Phi) is 2.85. The summed E-state index contributed by atoms with van der Waals surface area (Å²) in [6.07, 6.45) is 2.74. The molecule has 1 aromatic rings. The summed E-state index contributed by atoms with van der Waals surface area (Å²) < 4.78 is 0. The molecule has 1 heterocycles. The van der Waals surface area contributed by atoms with Crippen LogP contribution in [0, 0.1) is 0 Å². The van der Waals surface area contributed by atoms with Gasteiger partial charge in [-0.1, -0.05) is 18.5 Å². The maximum Gasteiger partial charge on any atom is 0.129 e. The maximum absolute atomic E-state index is 5.69. The van der Waals surface area contributed by atoms with Crippen LogP contribution in [0.5, 0.6) is 0 Å². The van der Waals surface area contributed by atoms with E-state index in [-0.39, 0.29) is 0 Å². The summed E-state index contributed by atoms with van der Waals surface area (Å²) >= 11 is 5.69. The van der Waals surface area contributed by atoms with Crippen molar-refractivity contribution in [2.75, 3.05) is 0 Å². The first-order valence-electron chi connectivity index (χ1n) is 3.61. The number of pyridine rings is 1. The highest BCUT2D eigenvalue weighted by molar-refractivity contribution is 6.29. The minimum absolute atomic E-state index is 0.516. The van der Waals surface area contributed by atoms with E-state index in [1.165, 1.54) is 5.56 Å². The van der Waals surface area contributed by atoms with Crippen LogP contribution in [0.4, 0.5) is 0 Å². The van der Waals surface area contributed by atoms with Gasteiger partial charge in [0.1, 0.15) is 5.15 Å². The molecule has 0 saturated carbocycles. The van der Waals surface area contributed by atoms with Crippen molar-refractivity contribution < 1.29 is 0 Å². The van der Waals surface area contributed by atoms with Gasteiger partial charge in [0.05, 0.1) is 0 Å². The highest BCUT2D eigenvalue weighted by Gasteiger charge is 1.99. The van der Waals surface area contributed by atoms with Gasteiger partial charge in [0.15, 0.2) is 0 Å². The minimum Gasteiger partial charge on any atom is -0.326 e. The molecule has 1 rings (SSSR count). The van der Waals surface area contributed by atoms with E-state index >= 15 is 0 Å². The van der Waals surface area contributed by atoms with Gasteiger partial charge in [0, 0.05) is 12.7 Å². The van der Waals surface area contributed by atoms with Gasteiger partial charge < -0.3 is 5.73 Å². The van der Waals surface area contributed by atoms with Gasteiger partial charge in [-0.25, -0.2) is 4.98 Å². The second-order valence-corrected chi connectivity index (χ2v) is 2.72. The lowest BCUT2D eigenvalue weighted by atomic mass is 10.1. The average molecular weight is 171 g/mol. The predicted molar refractivity (Wildman–Crippen MR) is 46.5 cm³/mol. The van der Waals surface area contributed by atoms with E-state index in [1.807, 2.05) is 6.07 Å². The van der Waals surface area contributed by atoms with Gasteiger partial charge >= 0.3 is 0 Å². The molecule has 0 unspecified atom stereocenters. The highest BCUT2D eigenvalue weighted by Crippen LogP contribution is 2.12. The van der Waals surface area contributed by atoms with E-state index in [1.54, 1.807) is 6.20 Å². The van der Waals surface area contributed by atoms with E-state index in [9.17, 15) is 0 Å². The van der Waals surface area contributed by atoms with Gasteiger partial charge in [-0.05, 0) is 23.6 Å². The standard InChI is InChI=1S/C8H11ClN2/c1-2-6-5-11-8(9)3-7(6)4-10/h3,5H,2,4,10H2,1H3. The van der Waals surface area contributed by atoms with Crippen molar-refractivity contribution in [3.8, 4) is 0 Å². The molecule has 0 aliphatic rings. The minimum atomic E-state index is 0.516. The molecule has 0 radical (unpaired) electrons. The molecule has 0 aliphatic heterocycles. The molecule has 11 heavy (non-hydrogen) atoms. The number of aromatic nitrogens is 1. The molecule has 1 aromatic heterocycles. The van der Waals surface area contributed by atoms with Crippen molar-refractivity contribution in [1.29, 1.82) is 0 Å². The number of nitrogens with zero attached hydrogens (tertiary/aromatic N) is 1. The van der Waals surface area contributed by atoms with Crippen molar-refractivity contribution in [3.63, 3.8) is 0 Å². The molecule has 0 bridgehead atoms. The van der Waals surface area contributed by atoms with Gasteiger partial charge in [-0.15, -0.1) is 0 Å². The molecule has 0 saturated heterocycles. The first-order valence-corrected chi connectivity index (χ1v) is 3.99. The van der Waals surface area contributed by atoms with Gasteiger partial charge in [0.25, 0.3) is 0 Å². The van der Waals surface area contributed by atoms with Gasteiger partial charge in [-0.3, -0.25) is 0 Å². The summed E-state index contributed by atoms with van der Waals surface area (Å²) in [4.78, 5) is 3.97. The summed E-state index contributed by atoms with van der Waals surface area (Å²) in [5.41, 5.74) is 7.78. The fourth-order valence-corrected chi connectivity index (χ4v) is 1.19. The van der Waals surface area contributed by atoms with Crippen molar-refractivity contribution >= 4 is 11.6 Å². The van der Waals surface area contributed by atoms with Gasteiger partial charge in [-0.2, -0.15) is 0 Å². The van der Waals surface area contributed by atoms with Crippen molar-refractivity contribution in [3.05, 3.63) is 28.5 Å². The summed E-state index contributed by atoms with van der Waals surface area (Å²) in [6.45, 7) is 2.61. The van der Waals surface area contributed by atoms with Crippen molar-refractivity contribution in [1.82, 2.24) is 4.98 Å². The molecule has 0 amide bonds. The Labute approximate surface area is 71.4 Å². The Hall–Kier alpha value is -0.600. The lowest BCUT2D eigenvalue weighted by Crippen LogP contribution is -2.01. The number of halogens is 1. The van der Waals surface area contributed by atoms with Crippen LogP contribution in [0.25, 0.3) is 0 Å². The SMILES string of the molecule is CCc1cnc(Cl)cc1CN. The van der Waals surface area contributed by atoms with E-state index in [4.69, 9.17) is 17.3 Å². The first kappa shape index (κ1) is 8.50. The van der Waals surface area contributed by atoms with Crippen LogP contribution in [-0.2, 0) is 13.0 Å². The largest absolute Gasteiger partial charge is 0.326 e. The monoisotopic (exact) mass is 170 g/mol. The molecule has 0 atom stereocenters. The van der Waals surface area contributed by atoms with Crippen LogP contribution in [0.2, 0.25) is 5.15 Å². The lowest BCUT2D eigenvalue weighted by molar-refractivity contribution is 0.984. The summed E-state index contributed by atoms with van der Waals surface area (Å²) in [6, 6.07) is 1.82. The van der Waals surface area contributed by atoms with E-state index in [0.29, 0.717) is 11.7 Å². The van der Waals surface area contributed by atoms with E-state index in [0.717, 1.165) is 12.0 Å². The molecule has 2 N–H and O–H groups in total. The number of aryl methyl sites for hydroxylation is 1. The topological polar surface area (TPSA) is 38.9 Å². The Balaban J connectivity index is 3.06. The van der Waals surface area contributed by atoms with Crippen molar-refractivity contribution in [2.45, 2.75) is 19.9 Å². The third-order valence-electron chi connectivity index (χ3n) is 1.65. The average Bonchev–Trinajstić information content (AvgIpc) is 2.04. The second-order valence-electron chi connectivity index (χ2n) is 2.33. The zero-order valence-corrected chi connectivity index (χ0v) is 7.23. The molecular formula is C8H11ClN2. The third-order valence-corrected chi connectivity index (χ3v) is 1.86. The number of rotatable bonds is 2. The van der Waals surface area contributed by atoms with Crippen LogP contribution in [-0.4, -0.2) is 4.98 Å². The smallest absolute Gasteiger partial charge is 0.129 e. The van der Waals surface area contributed by atoms with Crippen LogP contribution in [0.3, 0.4) is 0 Å². The lowest BCUT2D eigenvalue weighted by Gasteiger charge is -2.03. The number of nitrogens with two attached hydrogens (primary N) is 1. The van der Waals surface area contributed by atoms with Crippen LogP contribution in [0.1, 0.15) is 18.1 Å². The molecular weight excluding hydrogens is 160 g/mol. The fourth-order valence-electron chi connectivity index (χ4n) is 1.00. The number of hydrogen-bond donors (Lipinski definition) is 1. The molecule has 0 spiro atoms. The second kappa shape index (κ2) is 3.69. The van der Waals surface area contributed by atoms with E-state index in [2.05, 4.69) is 11.9 Å². The normalized spacial score (nSPS) is 10.1. The molecule has 0 aromatic carbocycles. The summed E-state index contributed by atoms with van der Waals surface area (Å²) in [5, 5.41) is 0.516. The molecule has 2 nitrogen and oxygen atoms in total. The molecule has 0 fully saturated rings. The van der Waals surface area contributed by atoms with Crippen LogP contribution in [0.15, 0.2) is 12.3 Å². The maximum atomic E-state index is 5.69. The Morgan fingerprint density at radius 1 is 1.55 bits per heavy atom. The van der Waals surface area contributed by atoms with Crippen molar-refractivity contribution in [2.24, 2.45) is 5.73 Å². The highest BCUT2D eigenvalue weighted by atomic mass is 35.5. The summed E-state index contributed by atoms with van der Waals surface area (Å²) in [7, 11) is 0. The quantitative estimate of drug-likeness (QED) is 0.687.